The molecular weight excluding hydrogens is 469 g/mol. The highest BCUT2D eigenvalue weighted by atomic mass is 35.5. The van der Waals surface area contributed by atoms with Gasteiger partial charge in [-0.2, -0.15) is 0 Å². The van der Waals surface area contributed by atoms with Crippen molar-refractivity contribution >= 4 is 46.6 Å². The van der Waals surface area contributed by atoms with Crippen LogP contribution in [-0.4, -0.2) is 60.9 Å². The normalized spacial score (nSPS) is 18.8. The lowest BCUT2D eigenvalue weighted by Crippen LogP contribution is -2.56. The van der Waals surface area contributed by atoms with E-state index < -0.39 is 11.5 Å². The number of carbonyl (C=O) groups is 2. The van der Waals surface area contributed by atoms with E-state index in [0.717, 1.165) is 24.2 Å². The minimum absolute atomic E-state index is 0.0903. The molecule has 2 aliphatic rings. The highest BCUT2D eigenvalue weighted by molar-refractivity contribution is 6.35. The van der Waals surface area contributed by atoms with Gasteiger partial charge < -0.3 is 15.1 Å². The molecule has 1 unspecified atom stereocenters. The summed E-state index contributed by atoms with van der Waals surface area (Å²) in [6.07, 6.45) is 1.71. The molecule has 0 aromatic heterocycles. The van der Waals surface area contributed by atoms with Crippen LogP contribution in [0.1, 0.15) is 24.0 Å². The molecule has 0 radical (unpaired) electrons. The molecule has 2 fully saturated rings. The van der Waals surface area contributed by atoms with Gasteiger partial charge in [-0.1, -0.05) is 59.1 Å². The number of benzene rings is 2. The van der Waals surface area contributed by atoms with E-state index in [1.165, 1.54) is 0 Å². The second kappa shape index (κ2) is 9.60. The highest BCUT2D eigenvalue weighted by Crippen LogP contribution is 2.50. The quantitative estimate of drug-likeness (QED) is 0.655. The van der Waals surface area contributed by atoms with Gasteiger partial charge >= 0.3 is 0 Å². The Morgan fingerprint density at radius 1 is 1.00 bits per heavy atom. The molecule has 170 valence electrons. The average Bonchev–Trinajstić information content (AvgIpc) is 3.57. The van der Waals surface area contributed by atoms with Crippen molar-refractivity contribution < 1.29 is 9.59 Å². The summed E-state index contributed by atoms with van der Waals surface area (Å²) >= 11 is 18.8. The molecule has 2 amide bonds. The zero-order valence-electron chi connectivity index (χ0n) is 17.9. The second-order valence-electron chi connectivity index (χ2n) is 8.66. The van der Waals surface area contributed by atoms with Crippen molar-refractivity contribution in [2.75, 3.05) is 33.2 Å². The number of carbonyl (C=O) groups excluding carboxylic acids is 2. The van der Waals surface area contributed by atoms with E-state index >= 15 is 0 Å². The van der Waals surface area contributed by atoms with Crippen molar-refractivity contribution in [3.05, 3.63) is 68.7 Å². The zero-order valence-corrected chi connectivity index (χ0v) is 20.2. The number of hydrogen-bond donors (Lipinski definition) is 1. The Labute approximate surface area is 203 Å². The summed E-state index contributed by atoms with van der Waals surface area (Å²) < 4.78 is 0. The molecule has 1 heterocycles. The molecule has 32 heavy (non-hydrogen) atoms. The van der Waals surface area contributed by atoms with Crippen molar-refractivity contribution in [3.8, 4) is 0 Å². The predicted octanol–water partition coefficient (Wildman–Crippen LogP) is 4.18. The first-order chi connectivity index (χ1) is 15.3. The molecule has 2 aromatic rings. The van der Waals surface area contributed by atoms with Crippen LogP contribution in [0.2, 0.25) is 15.1 Å². The van der Waals surface area contributed by atoms with Gasteiger partial charge in [-0.25, -0.2) is 0 Å². The number of rotatable bonds is 6. The van der Waals surface area contributed by atoms with Crippen molar-refractivity contribution in [1.29, 1.82) is 0 Å². The average molecular weight is 495 g/mol. The molecule has 8 heteroatoms. The van der Waals surface area contributed by atoms with Crippen molar-refractivity contribution in [3.63, 3.8) is 0 Å². The summed E-state index contributed by atoms with van der Waals surface area (Å²) in [5.41, 5.74) is 0.906. The Kier molecular flexibility index (Phi) is 7.01. The van der Waals surface area contributed by atoms with E-state index in [2.05, 4.69) is 10.2 Å². The monoisotopic (exact) mass is 493 g/mol. The lowest BCUT2D eigenvalue weighted by molar-refractivity contribution is -0.138. The van der Waals surface area contributed by atoms with Gasteiger partial charge in [-0.05, 0) is 49.2 Å². The molecule has 1 saturated heterocycles. The maximum absolute atomic E-state index is 13.5. The van der Waals surface area contributed by atoms with E-state index in [9.17, 15) is 9.59 Å². The van der Waals surface area contributed by atoms with Gasteiger partial charge in [0.05, 0.1) is 5.41 Å². The zero-order chi connectivity index (χ0) is 22.9. The highest BCUT2D eigenvalue weighted by Gasteiger charge is 2.53. The minimum Gasteiger partial charge on any atom is -0.343 e. The van der Waals surface area contributed by atoms with Gasteiger partial charge in [-0.15, -0.1) is 0 Å². The smallest absolute Gasteiger partial charge is 0.245 e. The SMILES string of the molecule is CN1CCN(C(=O)C(Cc2ccc(Cl)cc2Cl)NC(=O)C2(c3ccccc3Cl)CC2)CC1. The first-order valence-electron chi connectivity index (χ1n) is 10.8. The Bertz CT molecular complexity index is 1020. The molecule has 1 N–H and O–H groups in total. The molecular formula is C24H26Cl3N3O2. The second-order valence-corrected chi connectivity index (χ2v) is 9.91. The summed E-state index contributed by atoms with van der Waals surface area (Å²) in [5, 5.41) is 4.63. The number of piperazine rings is 1. The van der Waals surface area contributed by atoms with Crippen LogP contribution in [0, 0.1) is 0 Å². The summed E-state index contributed by atoms with van der Waals surface area (Å²) in [4.78, 5) is 30.9. The van der Waals surface area contributed by atoms with Gasteiger partial charge in [0.15, 0.2) is 0 Å². The van der Waals surface area contributed by atoms with Crippen LogP contribution < -0.4 is 5.32 Å². The molecule has 1 aliphatic heterocycles. The lowest BCUT2D eigenvalue weighted by Gasteiger charge is -2.35. The van der Waals surface area contributed by atoms with Crippen LogP contribution in [0.3, 0.4) is 0 Å². The predicted molar refractivity (Wildman–Crippen MR) is 129 cm³/mol. The first kappa shape index (κ1) is 23.4. The Morgan fingerprint density at radius 3 is 2.31 bits per heavy atom. The molecule has 5 nitrogen and oxygen atoms in total. The Balaban J connectivity index is 1.58. The summed E-state index contributed by atoms with van der Waals surface area (Å²) in [7, 11) is 2.04. The van der Waals surface area contributed by atoms with E-state index in [0.29, 0.717) is 47.4 Å². The summed E-state index contributed by atoms with van der Waals surface area (Å²) in [5.74, 6) is -0.254. The molecule has 1 saturated carbocycles. The van der Waals surface area contributed by atoms with Crippen molar-refractivity contribution in [2.24, 2.45) is 0 Å². The van der Waals surface area contributed by atoms with E-state index in [-0.39, 0.29) is 11.8 Å². The van der Waals surface area contributed by atoms with E-state index in [1.807, 2.05) is 36.2 Å². The van der Waals surface area contributed by atoms with Crippen LogP contribution in [0.15, 0.2) is 42.5 Å². The topological polar surface area (TPSA) is 52.6 Å². The molecule has 0 spiro atoms. The third-order valence-corrected chi connectivity index (χ3v) is 7.35. The number of amides is 2. The Morgan fingerprint density at radius 2 is 1.69 bits per heavy atom. The summed E-state index contributed by atoms with van der Waals surface area (Å²) in [6.45, 7) is 2.87. The van der Waals surface area contributed by atoms with Gasteiger partial charge in [0.2, 0.25) is 11.8 Å². The molecule has 1 aliphatic carbocycles. The van der Waals surface area contributed by atoms with Gasteiger partial charge in [0, 0.05) is 47.7 Å². The van der Waals surface area contributed by atoms with Crippen LogP contribution in [0.4, 0.5) is 0 Å². The number of nitrogens with zero attached hydrogens (tertiary/aromatic N) is 2. The maximum atomic E-state index is 13.5. The van der Waals surface area contributed by atoms with Crippen LogP contribution in [-0.2, 0) is 21.4 Å². The molecule has 2 aromatic carbocycles. The standard InChI is InChI=1S/C24H26Cl3N3O2/c1-29-10-12-30(13-11-29)22(31)21(14-16-6-7-17(25)15-20(16)27)28-23(32)24(8-9-24)18-4-2-3-5-19(18)26/h2-7,15,21H,8-14H2,1H3,(H,28,32). The fourth-order valence-corrected chi connectivity index (χ4v) is 5.05. The minimum atomic E-state index is -0.718. The van der Waals surface area contributed by atoms with Crippen LogP contribution >= 0.6 is 34.8 Å². The molecule has 4 rings (SSSR count). The van der Waals surface area contributed by atoms with Gasteiger partial charge in [0.25, 0.3) is 0 Å². The molecule has 0 bridgehead atoms. The first-order valence-corrected chi connectivity index (χ1v) is 11.9. The lowest BCUT2D eigenvalue weighted by atomic mass is 9.93. The number of nitrogens with one attached hydrogen (secondary N) is 1. The third kappa shape index (κ3) is 4.91. The third-order valence-electron chi connectivity index (χ3n) is 6.43. The number of hydrogen-bond acceptors (Lipinski definition) is 3. The van der Waals surface area contributed by atoms with Crippen molar-refractivity contribution in [2.45, 2.75) is 30.7 Å². The van der Waals surface area contributed by atoms with Crippen molar-refractivity contribution in [1.82, 2.24) is 15.1 Å². The fourth-order valence-electron chi connectivity index (χ4n) is 4.24. The maximum Gasteiger partial charge on any atom is 0.245 e. The van der Waals surface area contributed by atoms with Crippen LogP contribution in [0.25, 0.3) is 0 Å². The fraction of sp³-hybridized carbons (Fsp3) is 0.417. The van der Waals surface area contributed by atoms with Gasteiger partial charge in [-0.3, -0.25) is 9.59 Å². The molecule has 1 atom stereocenters. The van der Waals surface area contributed by atoms with E-state index in [4.69, 9.17) is 34.8 Å². The Hall–Kier alpha value is -1.79. The largest absolute Gasteiger partial charge is 0.343 e. The van der Waals surface area contributed by atoms with E-state index in [1.54, 1.807) is 18.2 Å². The van der Waals surface area contributed by atoms with Crippen LogP contribution in [0.5, 0.6) is 0 Å². The summed E-state index contributed by atoms with van der Waals surface area (Å²) in [6, 6.07) is 11.9. The van der Waals surface area contributed by atoms with Gasteiger partial charge in [0.1, 0.15) is 6.04 Å². The number of likely N-dealkylation sites (N-methyl/N-ethyl adjacent to an activating group) is 1. The number of halogens is 3.